The third-order valence-corrected chi connectivity index (χ3v) is 7.38. The topological polar surface area (TPSA) is 0 Å². The van der Waals surface area contributed by atoms with Gasteiger partial charge in [-0.05, 0) is 77.7 Å². The van der Waals surface area contributed by atoms with Crippen LogP contribution in [0.25, 0.3) is 6.08 Å². The van der Waals surface area contributed by atoms with Crippen LogP contribution in [0.2, 0.25) is 0 Å². The number of aryl methyl sites for hydroxylation is 2. The Hall–Kier alpha value is -2.86. The summed E-state index contributed by atoms with van der Waals surface area (Å²) in [6, 6.07) is 17.9. The molecule has 0 nitrogen and oxygen atoms in total. The van der Waals surface area contributed by atoms with Crippen LogP contribution in [0, 0.1) is 12.8 Å². The van der Waals surface area contributed by atoms with Gasteiger partial charge in [0.15, 0.2) is 0 Å². The van der Waals surface area contributed by atoms with Crippen LogP contribution in [0.4, 0.5) is 0 Å². The summed E-state index contributed by atoms with van der Waals surface area (Å²) in [5.41, 5.74) is 13.8. The molecule has 2 atom stereocenters. The molecule has 2 unspecified atom stereocenters. The lowest BCUT2D eigenvalue weighted by molar-refractivity contribution is 0.619. The van der Waals surface area contributed by atoms with Crippen molar-refractivity contribution in [1.82, 2.24) is 0 Å². The van der Waals surface area contributed by atoms with Crippen molar-refractivity contribution in [2.75, 3.05) is 0 Å². The molecule has 0 N–H and O–H groups in total. The zero-order valence-electron chi connectivity index (χ0n) is 20.9. The van der Waals surface area contributed by atoms with Crippen molar-refractivity contribution in [3.63, 3.8) is 0 Å². The minimum Gasteiger partial charge on any atom is -0.0955 e. The number of rotatable bonds is 7. The number of hydrogen-bond donors (Lipinski definition) is 0. The van der Waals surface area contributed by atoms with Gasteiger partial charge >= 0.3 is 0 Å². The summed E-state index contributed by atoms with van der Waals surface area (Å²) < 4.78 is 0. The summed E-state index contributed by atoms with van der Waals surface area (Å²) in [7, 11) is 0. The molecule has 0 amide bonds. The van der Waals surface area contributed by atoms with E-state index in [-0.39, 0.29) is 0 Å². The fourth-order valence-electron chi connectivity index (χ4n) is 5.81. The second-order valence-electron chi connectivity index (χ2n) is 9.84. The van der Waals surface area contributed by atoms with Gasteiger partial charge in [-0.3, -0.25) is 0 Å². The predicted molar refractivity (Wildman–Crippen MR) is 144 cm³/mol. The molecular weight excluding hydrogens is 396 g/mol. The first-order valence-corrected chi connectivity index (χ1v) is 12.6. The summed E-state index contributed by atoms with van der Waals surface area (Å²) in [4.78, 5) is 0. The monoisotopic (exact) mass is 434 g/mol. The van der Waals surface area contributed by atoms with Crippen molar-refractivity contribution in [1.29, 1.82) is 0 Å². The highest BCUT2D eigenvalue weighted by Gasteiger charge is 2.40. The molecule has 170 valence electrons. The second-order valence-corrected chi connectivity index (χ2v) is 9.84. The SMILES string of the molecule is C=C(CCC)C1=C(C)C=C2C/C(=C/c3ccc(C)c(CCC)c3)C(=C)C2C1c1ccccc1. The van der Waals surface area contributed by atoms with Gasteiger partial charge < -0.3 is 0 Å². The minimum absolute atomic E-state index is 0.303. The third-order valence-electron chi connectivity index (χ3n) is 7.38. The molecule has 0 bridgehead atoms. The zero-order chi connectivity index (χ0) is 23.5. The van der Waals surface area contributed by atoms with Gasteiger partial charge in [0, 0.05) is 11.8 Å². The third kappa shape index (κ3) is 4.62. The van der Waals surface area contributed by atoms with Crippen LogP contribution < -0.4 is 0 Å². The first-order chi connectivity index (χ1) is 15.9. The van der Waals surface area contributed by atoms with Crippen molar-refractivity contribution in [2.24, 2.45) is 5.92 Å². The standard InChI is InChI=1S/C33H38/c1-7-12-23(4)31-24(5)18-30-21-29(20-26-17-16-22(3)28(19-26)13-8-2)25(6)32(30)33(31)27-14-10-9-11-15-27/h9-11,14-20,32-33H,4,6-8,12-13,21H2,1-3,5H3/b29-20-. The molecule has 33 heavy (non-hydrogen) atoms. The number of allylic oxidation sites excluding steroid dienone is 7. The molecule has 0 aliphatic heterocycles. The van der Waals surface area contributed by atoms with E-state index in [1.165, 1.54) is 62.1 Å². The molecule has 0 radical (unpaired) electrons. The summed E-state index contributed by atoms with van der Waals surface area (Å²) in [6.07, 6.45) is 10.3. The van der Waals surface area contributed by atoms with E-state index in [9.17, 15) is 0 Å². The Balaban J connectivity index is 1.76. The van der Waals surface area contributed by atoms with Gasteiger partial charge in [0.05, 0.1) is 0 Å². The minimum atomic E-state index is 0.303. The van der Waals surface area contributed by atoms with Gasteiger partial charge in [0.2, 0.25) is 0 Å². The van der Waals surface area contributed by atoms with Crippen molar-refractivity contribution < 1.29 is 0 Å². The van der Waals surface area contributed by atoms with Crippen LogP contribution in [0.3, 0.4) is 0 Å². The van der Waals surface area contributed by atoms with E-state index >= 15 is 0 Å². The van der Waals surface area contributed by atoms with Crippen molar-refractivity contribution in [3.05, 3.63) is 123 Å². The molecule has 2 aromatic rings. The van der Waals surface area contributed by atoms with Gasteiger partial charge in [0.25, 0.3) is 0 Å². The van der Waals surface area contributed by atoms with E-state index in [1.54, 1.807) is 0 Å². The maximum atomic E-state index is 4.67. The largest absolute Gasteiger partial charge is 0.0955 e. The van der Waals surface area contributed by atoms with Crippen molar-refractivity contribution in [3.8, 4) is 0 Å². The van der Waals surface area contributed by atoms with Gasteiger partial charge in [-0.2, -0.15) is 0 Å². The molecule has 0 heterocycles. The van der Waals surface area contributed by atoms with Gasteiger partial charge in [-0.25, -0.2) is 0 Å². The molecule has 2 aliphatic carbocycles. The smallest absolute Gasteiger partial charge is 0.0201 e. The first-order valence-electron chi connectivity index (χ1n) is 12.6. The predicted octanol–water partition coefficient (Wildman–Crippen LogP) is 9.30. The van der Waals surface area contributed by atoms with Gasteiger partial charge in [-0.1, -0.05) is 112 Å². The second kappa shape index (κ2) is 9.96. The number of benzene rings is 2. The number of fused-ring (bicyclic) bond motifs is 1. The first kappa shape index (κ1) is 23.3. The van der Waals surface area contributed by atoms with E-state index in [1.807, 2.05) is 0 Å². The highest BCUT2D eigenvalue weighted by atomic mass is 14.4. The van der Waals surface area contributed by atoms with Crippen LogP contribution in [0.15, 0.2) is 101 Å². The van der Waals surface area contributed by atoms with E-state index in [4.69, 9.17) is 0 Å². The molecule has 0 heteroatoms. The lowest BCUT2D eigenvalue weighted by Gasteiger charge is -2.34. The summed E-state index contributed by atoms with van der Waals surface area (Å²) in [5, 5.41) is 0. The molecule has 0 saturated heterocycles. The van der Waals surface area contributed by atoms with Crippen molar-refractivity contribution >= 4 is 6.08 Å². The van der Waals surface area contributed by atoms with E-state index in [2.05, 4.69) is 102 Å². The molecular formula is C33H38. The summed E-state index contributed by atoms with van der Waals surface area (Å²) >= 11 is 0. The molecule has 1 fully saturated rings. The average molecular weight is 435 g/mol. The number of hydrogen-bond acceptors (Lipinski definition) is 0. The lowest BCUT2D eigenvalue weighted by Crippen LogP contribution is -2.21. The fraction of sp³-hybridized carbons (Fsp3) is 0.333. The highest BCUT2D eigenvalue weighted by molar-refractivity contribution is 5.68. The molecule has 2 aliphatic rings. The van der Waals surface area contributed by atoms with E-state index in [0.717, 1.165) is 25.7 Å². The van der Waals surface area contributed by atoms with Crippen LogP contribution in [0.5, 0.6) is 0 Å². The lowest BCUT2D eigenvalue weighted by atomic mass is 9.69. The normalized spacial score (nSPS) is 21.4. The zero-order valence-corrected chi connectivity index (χ0v) is 20.9. The van der Waals surface area contributed by atoms with Crippen molar-refractivity contribution in [2.45, 2.75) is 65.7 Å². The van der Waals surface area contributed by atoms with Gasteiger partial charge in [0.1, 0.15) is 0 Å². The van der Waals surface area contributed by atoms with Crippen LogP contribution in [-0.4, -0.2) is 0 Å². The molecule has 0 spiro atoms. The molecule has 1 saturated carbocycles. The molecule has 0 aromatic heterocycles. The maximum absolute atomic E-state index is 4.67. The van der Waals surface area contributed by atoms with E-state index in [0.29, 0.717) is 11.8 Å². The Morgan fingerprint density at radius 2 is 1.76 bits per heavy atom. The van der Waals surface area contributed by atoms with Crippen LogP contribution in [-0.2, 0) is 6.42 Å². The summed E-state index contributed by atoms with van der Waals surface area (Å²) in [6.45, 7) is 18.2. The Morgan fingerprint density at radius 1 is 1.00 bits per heavy atom. The highest BCUT2D eigenvalue weighted by Crippen LogP contribution is 2.55. The quantitative estimate of drug-likeness (QED) is 0.407. The van der Waals surface area contributed by atoms with Gasteiger partial charge in [-0.15, -0.1) is 0 Å². The average Bonchev–Trinajstić information content (AvgIpc) is 3.10. The van der Waals surface area contributed by atoms with Crippen LogP contribution in [0.1, 0.15) is 74.6 Å². The van der Waals surface area contributed by atoms with Crippen LogP contribution >= 0.6 is 0 Å². The Bertz CT molecular complexity index is 1150. The van der Waals surface area contributed by atoms with E-state index < -0.39 is 0 Å². The summed E-state index contributed by atoms with van der Waals surface area (Å²) in [5.74, 6) is 0.629. The Kier molecular flexibility index (Phi) is 7.03. The maximum Gasteiger partial charge on any atom is 0.0201 e. The molecule has 2 aromatic carbocycles. The Labute approximate surface area is 201 Å². The fourth-order valence-corrected chi connectivity index (χ4v) is 5.81. The Morgan fingerprint density at radius 3 is 2.45 bits per heavy atom. The molecule has 4 rings (SSSR count).